The first-order valence-electron chi connectivity index (χ1n) is 6.44. The van der Waals surface area contributed by atoms with Crippen molar-refractivity contribution in [1.82, 2.24) is 0 Å². The van der Waals surface area contributed by atoms with Crippen LogP contribution in [0, 0.1) is 6.92 Å². The molecule has 0 saturated carbocycles. The number of sulfonamides is 1. The highest BCUT2D eigenvalue weighted by atomic mass is 32.2. The minimum absolute atomic E-state index is 0.0903. The van der Waals surface area contributed by atoms with Crippen molar-refractivity contribution in [3.05, 3.63) is 48.0 Å². The highest BCUT2D eigenvalue weighted by molar-refractivity contribution is 7.92. The lowest BCUT2D eigenvalue weighted by Crippen LogP contribution is -2.13. The maximum atomic E-state index is 12.4. The van der Waals surface area contributed by atoms with Crippen molar-refractivity contribution < 1.29 is 17.9 Å². The van der Waals surface area contributed by atoms with Crippen LogP contribution in [0.25, 0.3) is 0 Å². The number of aryl methyl sites for hydroxylation is 1. The fourth-order valence-electron chi connectivity index (χ4n) is 1.90. The first-order valence-corrected chi connectivity index (χ1v) is 7.92. The quantitative estimate of drug-likeness (QED) is 0.800. The van der Waals surface area contributed by atoms with Crippen LogP contribution in [0.4, 0.5) is 11.4 Å². The van der Waals surface area contributed by atoms with Gasteiger partial charge in [-0.2, -0.15) is 0 Å². The van der Waals surface area contributed by atoms with Gasteiger partial charge in [-0.3, -0.25) is 9.52 Å². The van der Waals surface area contributed by atoms with Crippen molar-refractivity contribution in [3.8, 4) is 5.75 Å². The summed E-state index contributed by atoms with van der Waals surface area (Å²) in [7, 11) is -2.27. The van der Waals surface area contributed by atoms with Gasteiger partial charge in [0.15, 0.2) is 0 Å². The Bertz CT molecular complexity index is 771. The Morgan fingerprint density at radius 1 is 1.09 bits per heavy atom. The molecule has 1 amide bonds. The summed E-state index contributed by atoms with van der Waals surface area (Å²) in [6.45, 7) is 1.86. The third-order valence-electron chi connectivity index (χ3n) is 2.99. The fourth-order valence-corrected chi connectivity index (χ4v) is 2.96. The molecule has 0 fully saturated rings. The molecule has 0 heterocycles. The molecular formula is C15H16N2O4S. The molecule has 0 bridgehead atoms. The molecule has 0 atom stereocenters. The minimum atomic E-state index is -3.74. The number of hydrogen-bond donors (Lipinski definition) is 2. The van der Waals surface area contributed by atoms with Crippen LogP contribution in [0.1, 0.15) is 5.56 Å². The van der Waals surface area contributed by atoms with E-state index in [2.05, 4.69) is 10.0 Å². The second-order valence-corrected chi connectivity index (χ2v) is 6.28. The highest BCUT2D eigenvalue weighted by Gasteiger charge is 2.16. The Morgan fingerprint density at radius 3 is 2.36 bits per heavy atom. The maximum Gasteiger partial charge on any atom is 0.262 e. The van der Waals surface area contributed by atoms with E-state index in [9.17, 15) is 13.2 Å². The lowest BCUT2D eigenvalue weighted by Gasteiger charge is -2.12. The van der Waals surface area contributed by atoms with Crippen molar-refractivity contribution in [2.45, 2.75) is 11.8 Å². The third kappa shape index (κ3) is 3.56. The topological polar surface area (TPSA) is 84.5 Å². The molecule has 6 nitrogen and oxygen atoms in total. The Labute approximate surface area is 129 Å². The van der Waals surface area contributed by atoms with Crippen molar-refractivity contribution in [3.63, 3.8) is 0 Å². The third-order valence-corrected chi connectivity index (χ3v) is 4.37. The summed E-state index contributed by atoms with van der Waals surface area (Å²) in [6, 6.07) is 11.1. The summed E-state index contributed by atoms with van der Waals surface area (Å²) in [5, 5.41) is 2.45. The van der Waals surface area contributed by atoms with E-state index in [0.717, 1.165) is 5.56 Å². The number of nitrogens with one attached hydrogen (secondary N) is 2. The second-order valence-electron chi connectivity index (χ2n) is 4.60. The number of hydrogen-bond acceptors (Lipinski definition) is 4. The average Bonchev–Trinajstić information content (AvgIpc) is 2.48. The normalized spacial score (nSPS) is 10.8. The van der Waals surface area contributed by atoms with Crippen molar-refractivity contribution in [1.29, 1.82) is 0 Å². The number of benzene rings is 2. The number of rotatable bonds is 6. The van der Waals surface area contributed by atoms with Crippen LogP contribution in [0.3, 0.4) is 0 Å². The lowest BCUT2D eigenvalue weighted by molar-refractivity contribution is -0.105. The summed E-state index contributed by atoms with van der Waals surface area (Å²) in [5.74, 6) is 0.438. The zero-order chi connectivity index (χ0) is 16.2. The molecule has 0 unspecified atom stereocenters. The Hall–Kier alpha value is -2.54. The highest BCUT2D eigenvalue weighted by Crippen LogP contribution is 2.28. The van der Waals surface area contributed by atoms with Gasteiger partial charge in [0.2, 0.25) is 6.41 Å². The van der Waals surface area contributed by atoms with E-state index in [1.807, 2.05) is 13.0 Å². The van der Waals surface area contributed by atoms with Crippen molar-refractivity contribution in [2.75, 3.05) is 17.1 Å². The SMILES string of the molecule is COc1ccc(C)cc1NS(=O)(=O)c1ccc(NC=O)cc1. The van der Waals surface area contributed by atoms with Crippen LogP contribution in [-0.2, 0) is 14.8 Å². The van der Waals surface area contributed by atoms with Gasteiger partial charge in [-0.15, -0.1) is 0 Å². The van der Waals surface area contributed by atoms with Crippen LogP contribution < -0.4 is 14.8 Å². The predicted molar refractivity (Wildman–Crippen MR) is 84.7 cm³/mol. The van der Waals surface area contributed by atoms with Crippen LogP contribution in [0.2, 0.25) is 0 Å². The number of anilines is 2. The molecule has 0 saturated heterocycles. The van der Waals surface area contributed by atoms with Gasteiger partial charge < -0.3 is 10.1 Å². The molecule has 0 spiro atoms. The molecule has 0 aromatic heterocycles. The molecule has 7 heteroatoms. The Kier molecular flexibility index (Phi) is 4.67. The number of methoxy groups -OCH3 is 1. The molecule has 2 rings (SSSR count). The second kappa shape index (κ2) is 6.48. The molecule has 2 N–H and O–H groups in total. The summed E-state index contributed by atoms with van der Waals surface area (Å²) < 4.78 is 32.4. The van der Waals surface area contributed by atoms with Crippen molar-refractivity contribution >= 4 is 27.8 Å². The van der Waals surface area contributed by atoms with E-state index in [1.54, 1.807) is 12.1 Å². The molecule has 0 aliphatic carbocycles. The first kappa shape index (κ1) is 15.8. The predicted octanol–water partition coefficient (Wildman–Crippen LogP) is 2.37. The number of carbonyl (C=O) groups excluding carboxylic acids is 1. The van der Waals surface area contributed by atoms with Crippen LogP contribution >= 0.6 is 0 Å². The Balaban J connectivity index is 2.31. The van der Waals surface area contributed by atoms with E-state index in [-0.39, 0.29) is 4.90 Å². The molecule has 2 aromatic rings. The van der Waals surface area contributed by atoms with E-state index >= 15 is 0 Å². The summed E-state index contributed by atoms with van der Waals surface area (Å²) in [6.07, 6.45) is 0.527. The van der Waals surface area contributed by atoms with Crippen LogP contribution in [-0.4, -0.2) is 21.9 Å². The van der Waals surface area contributed by atoms with E-state index in [1.165, 1.54) is 31.4 Å². The molecule has 0 aliphatic heterocycles. The van der Waals surface area contributed by atoms with Gasteiger partial charge in [-0.1, -0.05) is 6.07 Å². The number of amides is 1. The van der Waals surface area contributed by atoms with E-state index in [4.69, 9.17) is 4.74 Å². The van der Waals surface area contributed by atoms with Gasteiger partial charge >= 0.3 is 0 Å². The molecule has 0 aliphatic rings. The Morgan fingerprint density at radius 2 is 1.77 bits per heavy atom. The lowest BCUT2D eigenvalue weighted by atomic mass is 10.2. The van der Waals surface area contributed by atoms with Gasteiger partial charge in [0.05, 0.1) is 17.7 Å². The minimum Gasteiger partial charge on any atom is -0.495 e. The van der Waals surface area contributed by atoms with Crippen molar-refractivity contribution in [2.24, 2.45) is 0 Å². The monoisotopic (exact) mass is 320 g/mol. The van der Waals surface area contributed by atoms with Gasteiger partial charge in [-0.05, 0) is 48.9 Å². The van der Waals surface area contributed by atoms with Gasteiger partial charge in [0.25, 0.3) is 10.0 Å². The summed E-state index contributed by atoms with van der Waals surface area (Å²) in [5.41, 5.74) is 1.80. The van der Waals surface area contributed by atoms with E-state index < -0.39 is 10.0 Å². The first-order chi connectivity index (χ1) is 10.5. The number of ether oxygens (including phenoxy) is 1. The maximum absolute atomic E-state index is 12.4. The fraction of sp³-hybridized carbons (Fsp3) is 0.133. The molecule has 0 radical (unpaired) electrons. The molecule has 22 heavy (non-hydrogen) atoms. The number of carbonyl (C=O) groups is 1. The van der Waals surface area contributed by atoms with Gasteiger partial charge in [0, 0.05) is 5.69 Å². The van der Waals surface area contributed by atoms with Gasteiger partial charge in [0.1, 0.15) is 5.75 Å². The summed E-state index contributed by atoms with van der Waals surface area (Å²) >= 11 is 0. The average molecular weight is 320 g/mol. The molecule has 116 valence electrons. The zero-order valence-corrected chi connectivity index (χ0v) is 13.0. The smallest absolute Gasteiger partial charge is 0.262 e. The van der Waals surface area contributed by atoms with E-state index in [0.29, 0.717) is 23.5 Å². The van der Waals surface area contributed by atoms with Crippen LogP contribution in [0.5, 0.6) is 5.75 Å². The molecule has 2 aromatic carbocycles. The standard InChI is InChI=1S/C15H16N2O4S/c1-11-3-8-15(21-2)14(9-11)17-22(19,20)13-6-4-12(5-7-13)16-10-18/h3-10,17H,1-2H3,(H,16,18). The largest absolute Gasteiger partial charge is 0.495 e. The molecular weight excluding hydrogens is 304 g/mol. The van der Waals surface area contributed by atoms with Crippen LogP contribution in [0.15, 0.2) is 47.4 Å². The summed E-state index contributed by atoms with van der Waals surface area (Å²) in [4.78, 5) is 10.4. The van der Waals surface area contributed by atoms with Gasteiger partial charge in [-0.25, -0.2) is 8.42 Å². The zero-order valence-electron chi connectivity index (χ0n) is 12.2.